The van der Waals surface area contributed by atoms with Crippen molar-refractivity contribution < 1.29 is 19.1 Å². The van der Waals surface area contributed by atoms with Gasteiger partial charge in [0.1, 0.15) is 24.4 Å². The second-order valence-electron chi connectivity index (χ2n) is 7.69. The third-order valence-electron chi connectivity index (χ3n) is 5.02. The zero-order chi connectivity index (χ0) is 23.5. The summed E-state index contributed by atoms with van der Waals surface area (Å²) in [6.45, 7) is 0.837. The topological polar surface area (TPSA) is 117 Å². The summed E-state index contributed by atoms with van der Waals surface area (Å²) >= 11 is 0. The summed E-state index contributed by atoms with van der Waals surface area (Å²) in [5, 5.41) is 2.62. The van der Waals surface area contributed by atoms with Crippen molar-refractivity contribution >= 4 is 11.8 Å². The van der Waals surface area contributed by atoms with Crippen LogP contribution in [-0.4, -0.2) is 30.5 Å². The van der Waals surface area contributed by atoms with Crippen LogP contribution in [0.3, 0.4) is 0 Å². The number of rotatable bonds is 12. The van der Waals surface area contributed by atoms with Gasteiger partial charge in [0, 0.05) is 6.42 Å². The van der Waals surface area contributed by atoms with Gasteiger partial charge in [-0.1, -0.05) is 72.8 Å². The van der Waals surface area contributed by atoms with E-state index < -0.39 is 23.9 Å². The summed E-state index contributed by atoms with van der Waals surface area (Å²) in [6, 6.07) is 25.0. The first-order valence-electron chi connectivity index (χ1n) is 10.7. The molecule has 0 aliphatic heterocycles. The van der Waals surface area contributed by atoms with Crippen molar-refractivity contribution in [1.82, 2.24) is 5.32 Å². The Morgan fingerprint density at radius 1 is 0.788 bits per heavy atom. The molecule has 3 aromatic rings. The second-order valence-corrected chi connectivity index (χ2v) is 7.69. The van der Waals surface area contributed by atoms with Gasteiger partial charge in [0.25, 0.3) is 0 Å². The summed E-state index contributed by atoms with van der Waals surface area (Å²) in [5.41, 5.74) is 14.3. The predicted molar refractivity (Wildman–Crippen MR) is 126 cm³/mol. The highest BCUT2D eigenvalue weighted by Gasteiger charge is 2.22. The molecule has 2 atom stereocenters. The Kier molecular flexibility index (Phi) is 8.99. The zero-order valence-electron chi connectivity index (χ0n) is 18.4. The van der Waals surface area contributed by atoms with E-state index in [-0.39, 0.29) is 13.0 Å². The molecule has 0 fully saturated rings. The van der Waals surface area contributed by atoms with E-state index >= 15 is 0 Å². The minimum absolute atomic E-state index is 0.0274. The molecule has 3 aromatic carbocycles. The lowest BCUT2D eigenvalue weighted by Crippen LogP contribution is -2.52. The molecule has 0 saturated carbocycles. The van der Waals surface area contributed by atoms with Gasteiger partial charge in [0.05, 0.1) is 13.2 Å². The van der Waals surface area contributed by atoms with Crippen LogP contribution in [0.2, 0.25) is 0 Å². The predicted octanol–water partition coefficient (Wildman–Crippen LogP) is 2.32. The lowest BCUT2D eigenvalue weighted by molar-refractivity contribution is -0.129. The van der Waals surface area contributed by atoms with E-state index in [0.29, 0.717) is 19.0 Å². The fraction of sp³-hybridized carbons (Fsp3) is 0.231. The van der Waals surface area contributed by atoms with E-state index in [1.165, 1.54) is 0 Å². The largest absolute Gasteiger partial charge is 0.489 e. The highest BCUT2D eigenvalue weighted by atomic mass is 16.5. The first kappa shape index (κ1) is 24.0. The third kappa shape index (κ3) is 8.07. The maximum Gasteiger partial charge on any atom is 0.240 e. The Morgan fingerprint density at radius 3 is 1.94 bits per heavy atom. The number of carbonyl (C=O) groups excluding carboxylic acids is 2. The molecular weight excluding hydrogens is 418 g/mol. The molecule has 5 N–H and O–H groups in total. The van der Waals surface area contributed by atoms with Crippen LogP contribution in [-0.2, 0) is 34.0 Å². The normalized spacial score (nSPS) is 12.5. The number of nitrogens with two attached hydrogens (primary N) is 2. The van der Waals surface area contributed by atoms with Gasteiger partial charge in [-0.05, 0) is 28.8 Å². The van der Waals surface area contributed by atoms with Gasteiger partial charge < -0.3 is 26.3 Å². The van der Waals surface area contributed by atoms with Gasteiger partial charge in [0.15, 0.2) is 0 Å². The SMILES string of the molecule is NC(=O)C(Cc1ccc(OCc2ccccc2)cc1)NC(=O)C(N)COCc1ccccc1. The van der Waals surface area contributed by atoms with Crippen LogP contribution in [0.5, 0.6) is 5.75 Å². The van der Waals surface area contributed by atoms with Crippen LogP contribution in [0.4, 0.5) is 0 Å². The Bertz CT molecular complexity index is 1010. The Balaban J connectivity index is 1.47. The van der Waals surface area contributed by atoms with Crippen molar-refractivity contribution in [2.45, 2.75) is 31.7 Å². The van der Waals surface area contributed by atoms with E-state index in [4.69, 9.17) is 20.9 Å². The zero-order valence-corrected chi connectivity index (χ0v) is 18.4. The molecule has 7 nitrogen and oxygen atoms in total. The molecule has 172 valence electrons. The molecule has 0 aromatic heterocycles. The quantitative estimate of drug-likeness (QED) is 0.394. The number of primary amides is 1. The number of hydrogen-bond acceptors (Lipinski definition) is 5. The first-order chi connectivity index (χ1) is 16.0. The Morgan fingerprint density at radius 2 is 1.36 bits per heavy atom. The van der Waals surface area contributed by atoms with Crippen LogP contribution < -0.4 is 21.5 Å². The van der Waals surface area contributed by atoms with Gasteiger partial charge in [0.2, 0.25) is 11.8 Å². The average Bonchev–Trinajstić information content (AvgIpc) is 2.84. The minimum atomic E-state index is -0.913. The lowest BCUT2D eigenvalue weighted by atomic mass is 10.0. The smallest absolute Gasteiger partial charge is 0.240 e. The number of ether oxygens (including phenoxy) is 2. The number of nitrogens with one attached hydrogen (secondary N) is 1. The van der Waals surface area contributed by atoms with Crippen molar-refractivity contribution in [2.75, 3.05) is 6.61 Å². The molecule has 2 unspecified atom stereocenters. The monoisotopic (exact) mass is 447 g/mol. The summed E-state index contributed by atoms with van der Waals surface area (Å²) in [7, 11) is 0. The highest BCUT2D eigenvalue weighted by molar-refractivity contribution is 5.89. The molecule has 0 radical (unpaired) electrons. The van der Waals surface area contributed by atoms with E-state index in [1.807, 2.05) is 84.9 Å². The van der Waals surface area contributed by atoms with Crippen molar-refractivity contribution in [3.63, 3.8) is 0 Å². The van der Waals surface area contributed by atoms with Crippen molar-refractivity contribution in [3.8, 4) is 5.75 Å². The summed E-state index contributed by atoms with van der Waals surface area (Å²) in [4.78, 5) is 24.3. The van der Waals surface area contributed by atoms with E-state index in [1.54, 1.807) is 0 Å². The fourth-order valence-corrected chi connectivity index (χ4v) is 3.15. The summed E-state index contributed by atoms with van der Waals surface area (Å²) in [6.07, 6.45) is 0.248. The van der Waals surface area contributed by atoms with Crippen molar-refractivity contribution in [2.24, 2.45) is 11.5 Å². The molecule has 7 heteroatoms. The van der Waals surface area contributed by atoms with Crippen LogP contribution in [0, 0.1) is 0 Å². The second kappa shape index (κ2) is 12.4. The van der Waals surface area contributed by atoms with Gasteiger partial charge in [-0.2, -0.15) is 0 Å². The molecule has 0 aliphatic rings. The maximum absolute atomic E-state index is 12.4. The van der Waals surface area contributed by atoms with Crippen LogP contribution >= 0.6 is 0 Å². The third-order valence-corrected chi connectivity index (χ3v) is 5.02. The summed E-state index contributed by atoms with van der Waals surface area (Å²) in [5.74, 6) is -0.417. The molecular formula is C26H29N3O4. The molecule has 0 bridgehead atoms. The average molecular weight is 448 g/mol. The van der Waals surface area contributed by atoms with E-state index in [2.05, 4.69) is 5.32 Å². The van der Waals surface area contributed by atoms with Gasteiger partial charge in [-0.25, -0.2) is 0 Å². The number of benzene rings is 3. The van der Waals surface area contributed by atoms with Crippen LogP contribution in [0.25, 0.3) is 0 Å². The molecule has 0 saturated heterocycles. The number of carbonyl (C=O) groups is 2. The van der Waals surface area contributed by atoms with Gasteiger partial charge in [-0.3, -0.25) is 9.59 Å². The van der Waals surface area contributed by atoms with E-state index in [0.717, 1.165) is 16.7 Å². The number of hydrogen-bond donors (Lipinski definition) is 3. The summed E-state index contributed by atoms with van der Waals surface area (Å²) < 4.78 is 11.3. The fourth-order valence-electron chi connectivity index (χ4n) is 3.15. The molecule has 0 aliphatic carbocycles. The molecule has 0 heterocycles. The molecule has 3 rings (SSSR count). The molecule has 2 amide bonds. The van der Waals surface area contributed by atoms with Crippen LogP contribution in [0.1, 0.15) is 16.7 Å². The van der Waals surface area contributed by atoms with Crippen molar-refractivity contribution in [3.05, 3.63) is 102 Å². The van der Waals surface area contributed by atoms with E-state index in [9.17, 15) is 9.59 Å². The Hall–Kier alpha value is -3.68. The van der Waals surface area contributed by atoms with Gasteiger partial charge >= 0.3 is 0 Å². The first-order valence-corrected chi connectivity index (χ1v) is 10.7. The lowest BCUT2D eigenvalue weighted by Gasteiger charge is -2.19. The molecule has 33 heavy (non-hydrogen) atoms. The molecule has 0 spiro atoms. The van der Waals surface area contributed by atoms with Crippen molar-refractivity contribution in [1.29, 1.82) is 0 Å². The Labute approximate surface area is 193 Å². The van der Waals surface area contributed by atoms with Crippen LogP contribution in [0.15, 0.2) is 84.9 Å². The minimum Gasteiger partial charge on any atom is -0.489 e. The van der Waals surface area contributed by atoms with Gasteiger partial charge in [-0.15, -0.1) is 0 Å². The standard InChI is InChI=1S/C26H29N3O4/c27-23(18-32-16-20-7-3-1-4-8-20)26(31)29-24(25(28)30)15-19-11-13-22(14-12-19)33-17-21-9-5-2-6-10-21/h1-14,23-24H,15-18,27H2,(H2,28,30)(H,29,31). The number of amides is 2. The highest BCUT2D eigenvalue weighted by Crippen LogP contribution is 2.15. The maximum atomic E-state index is 12.4.